The molecule has 118 valence electrons. The number of benzene rings is 2. The van der Waals surface area contributed by atoms with E-state index in [-0.39, 0.29) is 0 Å². The molecule has 2 amide bonds. The van der Waals surface area contributed by atoms with Crippen molar-refractivity contribution in [2.45, 2.75) is 0 Å². The van der Waals surface area contributed by atoms with Crippen LogP contribution in [0.25, 0.3) is 22.4 Å². The molecule has 0 unspecified atom stereocenters. The van der Waals surface area contributed by atoms with Crippen molar-refractivity contribution >= 4 is 28.6 Å². The van der Waals surface area contributed by atoms with Crippen molar-refractivity contribution in [3.05, 3.63) is 60.9 Å². The van der Waals surface area contributed by atoms with Crippen molar-refractivity contribution in [2.24, 2.45) is 0 Å². The van der Waals surface area contributed by atoms with Crippen LogP contribution in [0.3, 0.4) is 0 Å². The van der Waals surface area contributed by atoms with E-state index in [9.17, 15) is 4.79 Å². The maximum absolute atomic E-state index is 12.1. The molecule has 0 aliphatic heterocycles. The number of aromatic amines is 1. The molecule has 2 aromatic heterocycles. The number of aromatic nitrogens is 3. The number of nitrogens with one attached hydrogen (secondary N) is 3. The first kappa shape index (κ1) is 14.0. The zero-order chi connectivity index (χ0) is 16.4. The van der Waals surface area contributed by atoms with Crippen LogP contribution in [0.2, 0.25) is 0 Å². The van der Waals surface area contributed by atoms with Gasteiger partial charge in [0.15, 0.2) is 11.6 Å². The summed E-state index contributed by atoms with van der Waals surface area (Å²) in [5, 5.41) is 9.24. The second-order valence-electron chi connectivity index (χ2n) is 5.16. The number of hydrogen-bond donors (Lipinski definition) is 3. The number of hydrogen-bond acceptors (Lipinski definition) is 4. The molecule has 2 heterocycles. The SMILES string of the molecule is O=C(Nc1ccc2nc[nH]c2c1)Nc1cc(-c2ccccc2)on1. The minimum atomic E-state index is -0.401. The van der Waals surface area contributed by atoms with Gasteiger partial charge < -0.3 is 14.8 Å². The molecule has 3 N–H and O–H groups in total. The lowest BCUT2D eigenvalue weighted by Crippen LogP contribution is -2.19. The highest BCUT2D eigenvalue weighted by molar-refractivity contribution is 6.00. The summed E-state index contributed by atoms with van der Waals surface area (Å²) < 4.78 is 5.24. The van der Waals surface area contributed by atoms with E-state index in [0.29, 0.717) is 17.3 Å². The summed E-state index contributed by atoms with van der Waals surface area (Å²) in [5.41, 5.74) is 3.23. The fourth-order valence-corrected chi connectivity index (χ4v) is 2.36. The van der Waals surface area contributed by atoms with E-state index in [1.165, 1.54) is 0 Å². The first-order valence-corrected chi connectivity index (χ1v) is 7.31. The molecule has 7 heteroatoms. The van der Waals surface area contributed by atoms with Gasteiger partial charge in [-0.2, -0.15) is 0 Å². The zero-order valence-electron chi connectivity index (χ0n) is 12.5. The van der Waals surface area contributed by atoms with Gasteiger partial charge >= 0.3 is 6.03 Å². The molecule has 0 bridgehead atoms. The number of fused-ring (bicyclic) bond motifs is 1. The highest BCUT2D eigenvalue weighted by atomic mass is 16.5. The predicted octanol–water partition coefficient (Wildman–Crippen LogP) is 3.86. The Morgan fingerprint density at radius 2 is 1.92 bits per heavy atom. The Balaban J connectivity index is 1.45. The third kappa shape index (κ3) is 2.82. The van der Waals surface area contributed by atoms with E-state index in [2.05, 4.69) is 25.8 Å². The van der Waals surface area contributed by atoms with Gasteiger partial charge in [-0.3, -0.25) is 5.32 Å². The first-order valence-electron chi connectivity index (χ1n) is 7.31. The average molecular weight is 319 g/mol. The Hall–Kier alpha value is -3.61. The molecule has 2 aromatic carbocycles. The molecule has 0 aliphatic carbocycles. The Bertz CT molecular complexity index is 990. The van der Waals surface area contributed by atoms with Gasteiger partial charge in [-0.25, -0.2) is 9.78 Å². The summed E-state index contributed by atoms with van der Waals surface area (Å²) >= 11 is 0. The van der Waals surface area contributed by atoms with Gasteiger partial charge in [-0.1, -0.05) is 35.5 Å². The number of imidazole rings is 1. The third-order valence-corrected chi connectivity index (χ3v) is 3.49. The molecule has 4 rings (SSSR count). The lowest BCUT2D eigenvalue weighted by Gasteiger charge is -2.04. The Morgan fingerprint density at radius 1 is 1.04 bits per heavy atom. The lowest BCUT2D eigenvalue weighted by molar-refractivity contribution is 0.262. The third-order valence-electron chi connectivity index (χ3n) is 3.49. The minimum absolute atomic E-state index is 0.342. The van der Waals surface area contributed by atoms with Crippen molar-refractivity contribution < 1.29 is 9.32 Å². The second kappa shape index (κ2) is 5.88. The normalized spacial score (nSPS) is 10.7. The molecule has 0 saturated heterocycles. The molecule has 0 aliphatic rings. The fraction of sp³-hybridized carbons (Fsp3) is 0. The summed E-state index contributed by atoms with van der Waals surface area (Å²) in [6.07, 6.45) is 1.61. The van der Waals surface area contributed by atoms with Gasteiger partial charge in [-0.05, 0) is 18.2 Å². The monoisotopic (exact) mass is 319 g/mol. The smallest absolute Gasteiger partial charge is 0.324 e. The van der Waals surface area contributed by atoms with Crippen LogP contribution in [-0.2, 0) is 0 Å². The van der Waals surface area contributed by atoms with Crippen molar-refractivity contribution in [1.82, 2.24) is 15.1 Å². The number of amides is 2. The molecule has 0 saturated carbocycles. The zero-order valence-corrected chi connectivity index (χ0v) is 12.5. The Kier molecular flexibility index (Phi) is 3.43. The predicted molar refractivity (Wildman–Crippen MR) is 90.7 cm³/mol. The largest absolute Gasteiger partial charge is 0.354 e. The van der Waals surface area contributed by atoms with Crippen molar-refractivity contribution in [1.29, 1.82) is 0 Å². The van der Waals surface area contributed by atoms with Crippen LogP contribution >= 0.6 is 0 Å². The van der Waals surface area contributed by atoms with Crippen molar-refractivity contribution in [3.8, 4) is 11.3 Å². The maximum Gasteiger partial charge on any atom is 0.324 e. The second-order valence-corrected chi connectivity index (χ2v) is 5.16. The number of carbonyl (C=O) groups is 1. The summed E-state index contributed by atoms with van der Waals surface area (Å²) in [5.74, 6) is 0.929. The van der Waals surface area contributed by atoms with E-state index in [1.807, 2.05) is 36.4 Å². The van der Waals surface area contributed by atoms with E-state index >= 15 is 0 Å². The summed E-state index contributed by atoms with van der Waals surface area (Å²) in [7, 11) is 0. The highest BCUT2D eigenvalue weighted by Gasteiger charge is 2.10. The average Bonchev–Trinajstić information content (AvgIpc) is 3.24. The van der Waals surface area contributed by atoms with Crippen LogP contribution in [0, 0.1) is 0 Å². The molecule has 0 atom stereocenters. The molecule has 0 fully saturated rings. The lowest BCUT2D eigenvalue weighted by atomic mass is 10.2. The first-order chi connectivity index (χ1) is 11.8. The number of anilines is 2. The molecule has 0 spiro atoms. The van der Waals surface area contributed by atoms with Gasteiger partial charge in [0.05, 0.1) is 17.4 Å². The van der Waals surface area contributed by atoms with Gasteiger partial charge in [0, 0.05) is 17.3 Å². The summed E-state index contributed by atoms with van der Waals surface area (Å²) in [4.78, 5) is 19.2. The van der Waals surface area contributed by atoms with Crippen LogP contribution in [0.1, 0.15) is 0 Å². The van der Waals surface area contributed by atoms with Crippen LogP contribution in [0.5, 0.6) is 0 Å². The maximum atomic E-state index is 12.1. The fourth-order valence-electron chi connectivity index (χ4n) is 2.36. The number of nitrogens with zero attached hydrogens (tertiary/aromatic N) is 2. The quantitative estimate of drug-likeness (QED) is 0.534. The molecule has 4 aromatic rings. The highest BCUT2D eigenvalue weighted by Crippen LogP contribution is 2.22. The number of urea groups is 1. The molecule has 24 heavy (non-hydrogen) atoms. The molecule has 0 radical (unpaired) electrons. The summed E-state index contributed by atoms with van der Waals surface area (Å²) in [6, 6.07) is 16.2. The standard InChI is InChI=1S/C17H13N5O2/c23-17(20-12-6-7-13-14(8-12)19-10-18-13)21-16-9-15(24-22-16)11-4-2-1-3-5-11/h1-10H,(H,18,19)(H2,20,21,22,23). The van der Waals surface area contributed by atoms with Gasteiger partial charge in [0.25, 0.3) is 0 Å². The van der Waals surface area contributed by atoms with Crippen LogP contribution < -0.4 is 10.6 Å². The van der Waals surface area contributed by atoms with Crippen molar-refractivity contribution in [2.75, 3.05) is 10.6 Å². The topological polar surface area (TPSA) is 95.8 Å². The van der Waals surface area contributed by atoms with E-state index in [1.54, 1.807) is 24.5 Å². The summed E-state index contributed by atoms with van der Waals surface area (Å²) in [6.45, 7) is 0. The van der Waals surface area contributed by atoms with Gasteiger partial charge in [0.1, 0.15) is 0 Å². The van der Waals surface area contributed by atoms with E-state index in [4.69, 9.17) is 4.52 Å². The Labute approximate surface area is 136 Å². The molecule has 7 nitrogen and oxygen atoms in total. The van der Waals surface area contributed by atoms with Crippen LogP contribution in [0.15, 0.2) is 65.4 Å². The van der Waals surface area contributed by atoms with Gasteiger partial charge in [-0.15, -0.1) is 0 Å². The number of carbonyl (C=O) groups excluding carboxylic acids is 1. The van der Waals surface area contributed by atoms with Crippen LogP contribution in [0.4, 0.5) is 16.3 Å². The number of H-pyrrole nitrogens is 1. The van der Waals surface area contributed by atoms with E-state index in [0.717, 1.165) is 16.6 Å². The Morgan fingerprint density at radius 3 is 2.79 bits per heavy atom. The van der Waals surface area contributed by atoms with Crippen LogP contribution in [-0.4, -0.2) is 21.2 Å². The van der Waals surface area contributed by atoms with Crippen molar-refractivity contribution in [3.63, 3.8) is 0 Å². The minimum Gasteiger partial charge on any atom is -0.354 e. The molecular weight excluding hydrogens is 306 g/mol. The van der Waals surface area contributed by atoms with E-state index < -0.39 is 6.03 Å². The van der Waals surface area contributed by atoms with Gasteiger partial charge in [0.2, 0.25) is 0 Å². The number of rotatable bonds is 3. The molecular formula is C17H13N5O2.